The minimum absolute atomic E-state index is 0.0964. The number of ether oxygens (including phenoxy) is 1. The normalized spacial score (nSPS) is 10.0. The van der Waals surface area contributed by atoms with Crippen LogP contribution in [0.2, 0.25) is 0 Å². The van der Waals surface area contributed by atoms with Crippen molar-refractivity contribution in [1.29, 1.82) is 10.5 Å². The summed E-state index contributed by atoms with van der Waals surface area (Å²) < 4.78 is 11.2. The average molecular weight is 275 g/mol. The second kappa shape index (κ2) is 4.92. The third-order valence-corrected chi connectivity index (χ3v) is 3.01. The first-order valence-corrected chi connectivity index (χ1v) is 6.12. The van der Waals surface area contributed by atoms with Gasteiger partial charge in [-0.2, -0.15) is 10.5 Å². The number of fused-ring (bicyclic) bond motifs is 1. The molecule has 0 unspecified atom stereocenters. The van der Waals surface area contributed by atoms with E-state index in [1.165, 1.54) is 0 Å². The second-order valence-electron chi connectivity index (χ2n) is 4.33. The minimum atomic E-state index is 0.0964. The van der Waals surface area contributed by atoms with Crippen molar-refractivity contribution in [3.8, 4) is 23.6 Å². The standard InChI is InChI=1S/C16H9N3O2/c17-8-10-5-6-11(7-13(10)19)20-16-12-3-1-2-4-14(12)21-15(16)9-18/h1-7H,19H2. The Morgan fingerprint density at radius 3 is 2.57 bits per heavy atom. The quantitative estimate of drug-likeness (QED) is 0.721. The molecule has 0 aliphatic rings. The van der Waals surface area contributed by atoms with Crippen molar-refractivity contribution in [2.45, 2.75) is 0 Å². The molecule has 5 heteroatoms. The van der Waals surface area contributed by atoms with Crippen LogP contribution in [-0.4, -0.2) is 0 Å². The molecule has 0 saturated carbocycles. The van der Waals surface area contributed by atoms with Crippen LogP contribution in [0.15, 0.2) is 46.9 Å². The van der Waals surface area contributed by atoms with Crippen LogP contribution in [0.25, 0.3) is 11.0 Å². The van der Waals surface area contributed by atoms with Crippen LogP contribution >= 0.6 is 0 Å². The molecule has 0 fully saturated rings. The maximum absolute atomic E-state index is 9.14. The largest absolute Gasteiger partial charge is 0.452 e. The zero-order chi connectivity index (χ0) is 14.8. The summed E-state index contributed by atoms with van der Waals surface area (Å²) in [5.74, 6) is 0.880. The molecule has 1 heterocycles. The summed E-state index contributed by atoms with van der Waals surface area (Å²) in [5, 5.41) is 18.7. The first-order chi connectivity index (χ1) is 10.2. The molecule has 0 atom stereocenters. The summed E-state index contributed by atoms with van der Waals surface area (Å²) in [6.07, 6.45) is 0. The number of hydrogen-bond donors (Lipinski definition) is 1. The highest BCUT2D eigenvalue weighted by Gasteiger charge is 2.16. The number of nitrogens with two attached hydrogens (primary N) is 1. The van der Waals surface area contributed by atoms with Crippen molar-refractivity contribution in [2.75, 3.05) is 5.73 Å². The van der Waals surface area contributed by atoms with E-state index >= 15 is 0 Å². The van der Waals surface area contributed by atoms with E-state index in [-0.39, 0.29) is 5.76 Å². The zero-order valence-electron chi connectivity index (χ0n) is 10.8. The van der Waals surface area contributed by atoms with Crippen molar-refractivity contribution in [3.63, 3.8) is 0 Å². The van der Waals surface area contributed by atoms with Crippen LogP contribution in [0.4, 0.5) is 5.69 Å². The zero-order valence-corrected chi connectivity index (χ0v) is 10.8. The molecule has 3 rings (SSSR count). The van der Waals surface area contributed by atoms with Gasteiger partial charge in [0.2, 0.25) is 5.76 Å². The maximum Gasteiger partial charge on any atom is 0.247 e. The van der Waals surface area contributed by atoms with Crippen LogP contribution in [0.3, 0.4) is 0 Å². The van der Waals surface area contributed by atoms with Gasteiger partial charge in [0, 0.05) is 6.07 Å². The van der Waals surface area contributed by atoms with Crippen molar-refractivity contribution in [3.05, 3.63) is 53.8 Å². The number of benzene rings is 2. The lowest BCUT2D eigenvalue weighted by Crippen LogP contribution is -1.92. The van der Waals surface area contributed by atoms with Gasteiger partial charge >= 0.3 is 0 Å². The first kappa shape index (κ1) is 12.6. The van der Waals surface area contributed by atoms with Crippen molar-refractivity contribution in [2.24, 2.45) is 0 Å². The van der Waals surface area contributed by atoms with Gasteiger partial charge < -0.3 is 14.9 Å². The van der Waals surface area contributed by atoms with E-state index in [4.69, 9.17) is 25.4 Å². The Labute approximate surface area is 120 Å². The van der Waals surface area contributed by atoms with Gasteiger partial charge in [-0.1, -0.05) is 12.1 Å². The number of hydrogen-bond acceptors (Lipinski definition) is 5. The molecule has 0 radical (unpaired) electrons. The number of nitrogen functional groups attached to an aromatic ring is 1. The number of nitriles is 2. The van der Waals surface area contributed by atoms with E-state index in [9.17, 15) is 0 Å². The molecule has 100 valence electrons. The van der Waals surface area contributed by atoms with Gasteiger partial charge in [-0.3, -0.25) is 0 Å². The van der Waals surface area contributed by atoms with E-state index < -0.39 is 0 Å². The summed E-state index contributed by atoms with van der Waals surface area (Å²) in [6.45, 7) is 0. The van der Waals surface area contributed by atoms with E-state index in [1.54, 1.807) is 24.3 Å². The average Bonchev–Trinajstić information content (AvgIpc) is 2.86. The summed E-state index contributed by atoms with van der Waals surface area (Å²) >= 11 is 0. The molecule has 0 amide bonds. The predicted octanol–water partition coefficient (Wildman–Crippen LogP) is 3.55. The summed E-state index contributed by atoms with van der Waals surface area (Å²) in [6, 6.07) is 15.9. The highest BCUT2D eigenvalue weighted by Crippen LogP contribution is 2.36. The SMILES string of the molecule is N#Cc1ccc(Oc2c(C#N)oc3ccccc23)cc1N. The van der Waals surface area contributed by atoms with E-state index in [1.807, 2.05) is 30.3 Å². The first-order valence-electron chi connectivity index (χ1n) is 6.12. The fraction of sp³-hybridized carbons (Fsp3) is 0. The van der Waals surface area contributed by atoms with Crippen molar-refractivity contribution >= 4 is 16.7 Å². The van der Waals surface area contributed by atoms with Crippen LogP contribution in [0, 0.1) is 22.7 Å². The summed E-state index contributed by atoms with van der Waals surface area (Å²) in [5.41, 5.74) is 7.02. The fourth-order valence-electron chi connectivity index (χ4n) is 2.02. The van der Waals surface area contributed by atoms with Gasteiger partial charge in [0.05, 0.1) is 16.6 Å². The van der Waals surface area contributed by atoms with Crippen LogP contribution < -0.4 is 10.5 Å². The number of nitrogens with zero attached hydrogens (tertiary/aromatic N) is 2. The second-order valence-corrected chi connectivity index (χ2v) is 4.33. The molecular formula is C16H9N3O2. The molecule has 0 bridgehead atoms. The molecule has 5 nitrogen and oxygen atoms in total. The Balaban J connectivity index is 2.08. The van der Waals surface area contributed by atoms with Gasteiger partial charge in [0.1, 0.15) is 23.5 Å². The number of furan rings is 1. The van der Waals surface area contributed by atoms with Crippen LogP contribution in [-0.2, 0) is 0 Å². The van der Waals surface area contributed by atoms with Gasteiger partial charge in [0.15, 0.2) is 5.75 Å². The lowest BCUT2D eigenvalue weighted by atomic mass is 10.2. The molecule has 2 N–H and O–H groups in total. The Morgan fingerprint density at radius 1 is 1.05 bits per heavy atom. The molecule has 2 aromatic carbocycles. The Bertz CT molecular complexity index is 913. The molecule has 0 spiro atoms. The van der Waals surface area contributed by atoms with Crippen LogP contribution in [0.5, 0.6) is 11.5 Å². The summed E-state index contributed by atoms with van der Waals surface area (Å²) in [4.78, 5) is 0. The topological polar surface area (TPSA) is 96.0 Å². The van der Waals surface area contributed by atoms with E-state index in [2.05, 4.69) is 0 Å². The molecule has 0 saturated heterocycles. The molecule has 0 aliphatic carbocycles. The third-order valence-electron chi connectivity index (χ3n) is 3.01. The molecule has 1 aromatic heterocycles. The fourth-order valence-corrected chi connectivity index (χ4v) is 2.02. The smallest absolute Gasteiger partial charge is 0.247 e. The maximum atomic E-state index is 9.14. The number of para-hydroxylation sites is 1. The lowest BCUT2D eigenvalue weighted by Gasteiger charge is -2.05. The van der Waals surface area contributed by atoms with Crippen molar-refractivity contribution in [1.82, 2.24) is 0 Å². The van der Waals surface area contributed by atoms with Gasteiger partial charge in [0.25, 0.3) is 0 Å². The monoisotopic (exact) mass is 275 g/mol. The van der Waals surface area contributed by atoms with E-state index in [0.717, 1.165) is 0 Å². The molecule has 21 heavy (non-hydrogen) atoms. The minimum Gasteiger partial charge on any atom is -0.452 e. The number of anilines is 1. The van der Waals surface area contributed by atoms with Gasteiger partial charge in [-0.05, 0) is 24.3 Å². The van der Waals surface area contributed by atoms with E-state index in [0.29, 0.717) is 33.7 Å². The molecule has 0 aliphatic heterocycles. The number of rotatable bonds is 2. The van der Waals surface area contributed by atoms with Crippen LogP contribution in [0.1, 0.15) is 11.3 Å². The summed E-state index contributed by atoms with van der Waals surface area (Å²) in [7, 11) is 0. The third kappa shape index (κ3) is 2.13. The Hall–Kier alpha value is -3.44. The predicted molar refractivity (Wildman–Crippen MR) is 76.6 cm³/mol. The Kier molecular flexibility index (Phi) is 2.95. The highest BCUT2D eigenvalue weighted by molar-refractivity contribution is 5.86. The molecule has 3 aromatic rings. The molecular weight excluding hydrogens is 266 g/mol. The van der Waals surface area contributed by atoms with Gasteiger partial charge in [-0.15, -0.1) is 0 Å². The van der Waals surface area contributed by atoms with Gasteiger partial charge in [-0.25, -0.2) is 0 Å². The van der Waals surface area contributed by atoms with Crippen molar-refractivity contribution < 1.29 is 9.15 Å². The lowest BCUT2D eigenvalue weighted by molar-refractivity contribution is 0.467. The highest BCUT2D eigenvalue weighted by atomic mass is 16.5. The Morgan fingerprint density at radius 2 is 1.86 bits per heavy atom.